The zero-order chi connectivity index (χ0) is 13.0. The summed E-state index contributed by atoms with van der Waals surface area (Å²) in [7, 11) is 0. The number of hydrogen-bond donors (Lipinski definition) is 2. The molecule has 18 heavy (non-hydrogen) atoms. The van der Waals surface area contributed by atoms with Gasteiger partial charge in [-0.05, 0) is 49.8 Å². The van der Waals surface area contributed by atoms with Crippen molar-refractivity contribution in [2.45, 2.75) is 45.1 Å². The number of aliphatic hydroxyl groups excluding tert-OH is 1. The fraction of sp³-hybridized carbons (Fsp3) is 0.600. The molecule has 0 radical (unpaired) electrons. The standard InChI is InChI=1S/C15H22O3/c1-2-18-15-10-11(7-8-14(15)17)9-12-5-3-4-6-13(12)16/h7-8,10,12-13,16-17H,2-6,9H2,1H3. The van der Waals surface area contributed by atoms with Gasteiger partial charge in [-0.15, -0.1) is 0 Å². The highest BCUT2D eigenvalue weighted by Crippen LogP contribution is 2.31. The van der Waals surface area contributed by atoms with E-state index in [1.54, 1.807) is 6.07 Å². The average molecular weight is 250 g/mol. The number of phenolic OH excluding ortho intramolecular Hbond substituents is 1. The minimum Gasteiger partial charge on any atom is -0.504 e. The van der Waals surface area contributed by atoms with Crippen LogP contribution in [-0.2, 0) is 6.42 Å². The smallest absolute Gasteiger partial charge is 0.161 e. The van der Waals surface area contributed by atoms with Crippen LogP contribution in [0, 0.1) is 5.92 Å². The van der Waals surface area contributed by atoms with Crippen LogP contribution in [0.2, 0.25) is 0 Å². The van der Waals surface area contributed by atoms with Gasteiger partial charge in [0.05, 0.1) is 12.7 Å². The van der Waals surface area contributed by atoms with Gasteiger partial charge >= 0.3 is 0 Å². The van der Waals surface area contributed by atoms with Crippen molar-refractivity contribution in [3.63, 3.8) is 0 Å². The van der Waals surface area contributed by atoms with E-state index in [9.17, 15) is 10.2 Å². The topological polar surface area (TPSA) is 49.7 Å². The molecule has 2 unspecified atom stereocenters. The van der Waals surface area contributed by atoms with E-state index in [-0.39, 0.29) is 11.9 Å². The minimum absolute atomic E-state index is 0.178. The van der Waals surface area contributed by atoms with E-state index in [4.69, 9.17) is 4.74 Å². The summed E-state index contributed by atoms with van der Waals surface area (Å²) >= 11 is 0. The van der Waals surface area contributed by atoms with Gasteiger partial charge < -0.3 is 14.9 Å². The first-order valence-corrected chi connectivity index (χ1v) is 6.83. The lowest BCUT2D eigenvalue weighted by Crippen LogP contribution is -2.26. The number of phenols is 1. The molecule has 1 saturated carbocycles. The monoisotopic (exact) mass is 250 g/mol. The lowest BCUT2D eigenvalue weighted by atomic mass is 9.82. The van der Waals surface area contributed by atoms with Crippen molar-refractivity contribution >= 4 is 0 Å². The van der Waals surface area contributed by atoms with E-state index in [2.05, 4.69) is 0 Å². The predicted molar refractivity (Wildman–Crippen MR) is 70.9 cm³/mol. The van der Waals surface area contributed by atoms with Crippen molar-refractivity contribution < 1.29 is 14.9 Å². The van der Waals surface area contributed by atoms with Gasteiger partial charge in [-0.3, -0.25) is 0 Å². The van der Waals surface area contributed by atoms with Crippen LogP contribution in [-0.4, -0.2) is 22.9 Å². The Kier molecular flexibility index (Phi) is 4.48. The summed E-state index contributed by atoms with van der Waals surface area (Å²) in [5.74, 6) is 1.07. The van der Waals surface area contributed by atoms with E-state index >= 15 is 0 Å². The van der Waals surface area contributed by atoms with Gasteiger partial charge in [0.25, 0.3) is 0 Å². The molecule has 100 valence electrons. The molecule has 0 heterocycles. The Balaban J connectivity index is 2.06. The summed E-state index contributed by atoms with van der Waals surface area (Å²) in [4.78, 5) is 0. The fourth-order valence-corrected chi connectivity index (χ4v) is 2.69. The molecule has 0 saturated heterocycles. The van der Waals surface area contributed by atoms with Gasteiger partial charge in [0.15, 0.2) is 11.5 Å². The average Bonchev–Trinajstić information content (AvgIpc) is 2.36. The highest BCUT2D eigenvalue weighted by atomic mass is 16.5. The Hall–Kier alpha value is -1.22. The largest absolute Gasteiger partial charge is 0.504 e. The maximum Gasteiger partial charge on any atom is 0.161 e. The first kappa shape index (κ1) is 13.2. The molecule has 0 spiro atoms. The van der Waals surface area contributed by atoms with Crippen LogP contribution >= 0.6 is 0 Å². The molecule has 2 rings (SSSR count). The quantitative estimate of drug-likeness (QED) is 0.864. The third-order valence-corrected chi connectivity index (χ3v) is 3.69. The van der Waals surface area contributed by atoms with Crippen molar-refractivity contribution in [2.75, 3.05) is 6.61 Å². The summed E-state index contributed by atoms with van der Waals surface area (Å²) in [5.41, 5.74) is 1.13. The van der Waals surface area contributed by atoms with Crippen LogP contribution in [0.4, 0.5) is 0 Å². The highest BCUT2D eigenvalue weighted by Gasteiger charge is 2.23. The molecule has 3 nitrogen and oxygen atoms in total. The number of rotatable bonds is 4. The second kappa shape index (κ2) is 6.10. The second-order valence-corrected chi connectivity index (χ2v) is 5.05. The molecule has 1 aromatic carbocycles. The fourth-order valence-electron chi connectivity index (χ4n) is 2.69. The van der Waals surface area contributed by atoms with E-state index in [1.807, 2.05) is 19.1 Å². The van der Waals surface area contributed by atoms with Crippen LogP contribution in [0.25, 0.3) is 0 Å². The van der Waals surface area contributed by atoms with E-state index in [1.165, 1.54) is 6.42 Å². The number of ether oxygens (including phenoxy) is 1. The summed E-state index contributed by atoms with van der Waals surface area (Å²) in [5, 5.41) is 19.6. The van der Waals surface area contributed by atoms with Crippen LogP contribution in [0.5, 0.6) is 11.5 Å². The van der Waals surface area contributed by atoms with Crippen LogP contribution in [0.1, 0.15) is 38.2 Å². The molecule has 1 aromatic rings. The van der Waals surface area contributed by atoms with Gasteiger partial charge in [0.2, 0.25) is 0 Å². The van der Waals surface area contributed by atoms with Crippen LogP contribution in [0.3, 0.4) is 0 Å². The first-order chi connectivity index (χ1) is 8.70. The molecule has 2 atom stereocenters. The van der Waals surface area contributed by atoms with Crippen LogP contribution < -0.4 is 4.74 Å². The number of benzene rings is 1. The Morgan fingerprint density at radius 1 is 1.28 bits per heavy atom. The molecular formula is C15H22O3. The summed E-state index contributed by atoms with van der Waals surface area (Å²) < 4.78 is 5.38. The maximum atomic E-state index is 9.98. The van der Waals surface area contributed by atoms with Crippen molar-refractivity contribution in [1.29, 1.82) is 0 Å². The molecule has 0 aromatic heterocycles. The third kappa shape index (κ3) is 3.16. The summed E-state index contributed by atoms with van der Waals surface area (Å²) in [6, 6.07) is 5.48. The first-order valence-electron chi connectivity index (χ1n) is 6.83. The van der Waals surface area contributed by atoms with Crippen molar-refractivity contribution in [2.24, 2.45) is 5.92 Å². The zero-order valence-corrected chi connectivity index (χ0v) is 10.9. The molecule has 1 fully saturated rings. The molecule has 0 amide bonds. The normalized spacial score (nSPS) is 23.9. The van der Waals surface area contributed by atoms with Gasteiger partial charge in [-0.2, -0.15) is 0 Å². The van der Waals surface area contributed by atoms with Crippen molar-refractivity contribution in [3.8, 4) is 11.5 Å². The van der Waals surface area contributed by atoms with Gasteiger partial charge in [-0.25, -0.2) is 0 Å². The van der Waals surface area contributed by atoms with E-state index in [0.29, 0.717) is 18.3 Å². The molecular weight excluding hydrogens is 228 g/mol. The van der Waals surface area contributed by atoms with E-state index in [0.717, 1.165) is 31.2 Å². The lowest BCUT2D eigenvalue weighted by molar-refractivity contribution is 0.0700. The molecule has 1 aliphatic carbocycles. The Labute approximate surface area is 108 Å². The SMILES string of the molecule is CCOc1cc(CC2CCCCC2O)ccc1O. The number of aliphatic hydroxyl groups is 1. The summed E-state index contributed by atoms with van der Waals surface area (Å²) in [6.07, 6.45) is 5.03. The third-order valence-electron chi connectivity index (χ3n) is 3.69. The Morgan fingerprint density at radius 2 is 2.06 bits per heavy atom. The number of hydrogen-bond acceptors (Lipinski definition) is 3. The Bertz CT molecular complexity index is 389. The summed E-state index contributed by atoms with van der Waals surface area (Å²) in [6.45, 7) is 2.44. The van der Waals surface area contributed by atoms with Gasteiger partial charge in [0.1, 0.15) is 0 Å². The molecule has 3 heteroatoms. The Morgan fingerprint density at radius 3 is 2.78 bits per heavy atom. The molecule has 1 aliphatic rings. The minimum atomic E-state index is -0.178. The second-order valence-electron chi connectivity index (χ2n) is 5.05. The highest BCUT2D eigenvalue weighted by molar-refractivity contribution is 5.42. The lowest BCUT2D eigenvalue weighted by Gasteiger charge is -2.27. The maximum absolute atomic E-state index is 9.98. The van der Waals surface area contributed by atoms with Gasteiger partial charge in [-0.1, -0.05) is 18.9 Å². The predicted octanol–water partition coefficient (Wildman–Crippen LogP) is 2.88. The number of aromatic hydroxyl groups is 1. The van der Waals surface area contributed by atoms with Crippen LogP contribution in [0.15, 0.2) is 18.2 Å². The van der Waals surface area contributed by atoms with E-state index < -0.39 is 0 Å². The molecule has 0 aliphatic heterocycles. The molecule has 0 bridgehead atoms. The molecule has 2 N–H and O–H groups in total. The van der Waals surface area contributed by atoms with Crippen molar-refractivity contribution in [1.82, 2.24) is 0 Å². The van der Waals surface area contributed by atoms with Gasteiger partial charge in [0, 0.05) is 0 Å². The van der Waals surface area contributed by atoms with Crippen molar-refractivity contribution in [3.05, 3.63) is 23.8 Å². The zero-order valence-electron chi connectivity index (χ0n) is 10.9.